The maximum Gasteiger partial charge on any atom is 0.267 e. The number of aliphatic hydroxyl groups is 1. The number of nitrogens with zero attached hydrogens (tertiary/aromatic N) is 2. The fraction of sp³-hybridized carbons (Fsp3) is 0.778. The summed E-state index contributed by atoms with van der Waals surface area (Å²) in [6, 6.07) is 4.20. The topological polar surface area (TPSA) is 76.4 Å². The molecular formula is C18H27N3O3. The summed E-state index contributed by atoms with van der Waals surface area (Å²) in [5.74, 6) is 0.573. The van der Waals surface area contributed by atoms with Crippen LogP contribution in [0, 0.1) is 0 Å². The van der Waals surface area contributed by atoms with Crippen LogP contribution in [0.15, 0.2) is 16.9 Å². The van der Waals surface area contributed by atoms with E-state index in [1.807, 2.05) is 6.07 Å². The Bertz CT molecular complexity index is 627. The van der Waals surface area contributed by atoms with E-state index in [2.05, 4.69) is 10.4 Å². The van der Waals surface area contributed by atoms with E-state index in [0.29, 0.717) is 38.1 Å². The van der Waals surface area contributed by atoms with Gasteiger partial charge >= 0.3 is 0 Å². The highest BCUT2D eigenvalue weighted by Crippen LogP contribution is 2.38. The van der Waals surface area contributed by atoms with Gasteiger partial charge in [0, 0.05) is 37.6 Å². The lowest BCUT2D eigenvalue weighted by Crippen LogP contribution is -2.46. The maximum atomic E-state index is 12.2. The van der Waals surface area contributed by atoms with Crippen LogP contribution in [0.4, 0.5) is 0 Å². The average molecular weight is 333 g/mol. The lowest BCUT2D eigenvalue weighted by Gasteiger charge is -2.32. The normalized spacial score (nSPS) is 33.7. The fourth-order valence-corrected chi connectivity index (χ4v) is 3.89. The summed E-state index contributed by atoms with van der Waals surface area (Å²) in [6.07, 6.45) is 7.08. The molecule has 3 aliphatic rings. The van der Waals surface area contributed by atoms with E-state index in [-0.39, 0.29) is 11.6 Å². The van der Waals surface area contributed by atoms with Crippen molar-refractivity contribution in [2.75, 3.05) is 19.8 Å². The first kappa shape index (κ1) is 16.2. The van der Waals surface area contributed by atoms with Crippen molar-refractivity contribution >= 4 is 0 Å². The second-order valence-corrected chi connectivity index (χ2v) is 7.73. The van der Waals surface area contributed by atoms with Gasteiger partial charge in [0.05, 0.1) is 18.3 Å². The van der Waals surface area contributed by atoms with Crippen molar-refractivity contribution in [3.63, 3.8) is 0 Å². The third kappa shape index (κ3) is 3.55. The molecule has 132 valence electrons. The number of ether oxygens (including phenoxy) is 1. The molecule has 6 nitrogen and oxygen atoms in total. The van der Waals surface area contributed by atoms with Gasteiger partial charge in [-0.1, -0.05) is 0 Å². The second-order valence-electron chi connectivity index (χ2n) is 7.73. The molecule has 1 atom stereocenters. The largest absolute Gasteiger partial charge is 0.386 e. The summed E-state index contributed by atoms with van der Waals surface area (Å²) in [6.45, 7) is 1.68. The van der Waals surface area contributed by atoms with Crippen molar-refractivity contribution in [3.8, 4) is 0 Å². The summed E-state index contributed by atoms with van der Waals surface area (Å²) in [5.41, 5.74) is 0.403. The summed E-state index contributed by atoms with van der Waals surface area (Å²) in [5, 5.41) is 18.5. The van der Waals surface area contributed by atoms with Crippen LogP contribution in [0.3, 0.4) is 0 Å². The predicted octanol–water partition coefficient (Wildman–Crippen LogP) is 1.35. The Labute approximate surface area is 142 Å². The van der Waals surface area contributed by atoms with Gasteiger partial charge in [0.25, 0.3) is 5.56 Å². The van der Waals surface area contributed by atoms with E-state index in [1.165, 1.54) is 12.8 Å². The predicted molar refractivity (Wildman–Crippen MR) is 90.2 cm³/mol. The smallest absolute Gasteiger partial charge is 0.267 e. The molecule has 2 N–H and O–H groups in total. The minimum Gasteiger partial charge on any atom is -0.386 e. The zero-order chi connectivity index (χ0) is 16.6. The van der Waals surface area contributed by atoms with Crippen LogP contribution < -0.4 is 10.9 Å². The van der Waals surface area contributed by atoms with Crippen LogP contribution in [-0.4, -0.2) is 46.3 Å². The van der Waals surface area contributed by atoms with Crippen LogP contribution in [0.25, 0.3) is 0 Å². The molecule has 2 aliphatic carbocycles. The minimum atomic E-state index is -0.700. The van der Waals surface area contributed by atoms with E-state index in [1.54, 1.807) is 10.7 Å². The number of hydrogen-bond acceptors (Lipinski definition) is 5. The molecule has 1 saturated heterocycles. The molecule has 1 aromatic heterocycles. The molecule has 0 radical (unpaired) electrons. The third-order valence-corrected chi connectivity index (χ3v) is 5.69. The summed E-state index contributed by atoms with van der Waals surface area (Å²) < 4.78 is 7.01. The van der Waals surface area contributed by atoms with Crippen molar-refractivity contribution in [2.24, 2.45) is 0 Å². The van der Waals surface area contributed by atoms with Gasteiger partial charge in [-0.3, -0.25) is 4.79 Å². The molecule has 2 saturated carbocycles. The Morgan fingerprint density at radius 3 is 2.71 bits per heavy atom. The van der Waals surface area contributed by atoms with Crippen LogP contribution >= 0.6 is 0 Å². The molecule has 4 rings (SSSR count). The molecule has 0 aromatic carbocycles. The van der Waals surface area contributed by atoms with Gasteiger partial charge < -0.3 is 15.2 Å². The number of rotatable bonds is 5. The van der Waals surface area contributed by atoms with Crippen molar-refractivity contribution < 1.29 is 9.84 Å². The maximum absolute atomic E-state index is 12.2. The van der Waals surface area contributed by atoms with E-state index in [9.17, 15) is 9.90 Å². The van der Waals surface area contributed by atoms with Gasteiger partial charge in [0.1, 0.15) is 5.60 Å². The molecule has 0 spiro atoms. The Morgan fingerprint density at radius 1 is 1.25 bits per heavy atom. The van der Waals surface area contributed by atoms with E-state index in [4.69, 9.17) is 4.74 Å². The van der Waals surface area contributed by atoms with Gasteiger partial charge in [-0.05, 0) is 44.6 Å². The monoisotopic (exact) mass is 333 g/mol. The van der Waals surface area contributed by atoms with Crippen LogP contribution in [0.1, 0.15) is 62.6 Å². The molecule has 24 heavy (non-hydrogen) atoms. The van der Waals surface area contributed by atoms with Crippen LogP contribution in [-0.2, 0) is 4.74 Å². The van der Waals surface area contributed by atoms with Gasteiger partial charge in [0.2, 0.25) is 0 Å². The first-order valence-electron chi connectivity index (χ1n) is 9.26. The highest BCUT2D eigenvalue weighted by molar-refractivity contribution is 5.13. The molecule has 1 unspecified atom stereocenters. The molecule has 6 heteroatoms. The number of nitrogens with one attached hydrogen (secondary N) is 1. The summed E-state index contributed by atoms with van der Waals surface area (Å²) in [7, 11) is 0. The number of hydrogen-bond donors (Lipinski definition) is 2. The highest BCUT2D eigenvalue weighted by atomic mass is 16.5. The standard InChI is InChI=1S/C18H27N3O3/c22-17-8-7-16(13-1-2-13)20-21(17)15-5-3-14(4-6-15)19-11-18(23)9-10-24-12-18/h7-8,13-15,19,23H,1-6,9-12H2. The molecule has 3 fully saturated rings. The molecular weight excluding hydrogens is 306 g/mol. The molecule has 2 heterocycles. The number of aromatic nitrogens is 2. The third-order valence-electron chi connectivity index (χ3n) is 5.69. The SMILES string of the molecule is O=c1ccc(C2CC2)nn1C1CCC(NCC2(O)CCOC2)CC1. The van der Waals surface area contributed by atoms with Crippen molar-refractivity contribution in [1.29, 1.82) is 0 Å². The summed E-state index contributed by atoms with van der Waals surface area (Å²) in [4.78, 5) is 12.2. The van der Waals surface area contributed by atoms with Crippen molar-refractivity contribution in [3.05, 3.63) is 28.2 Å². The molecule has 1 aromatic rings. The van der Waals surface area contributed by atoms with E-state index >= 15 is 0 Å². The first-order valence-corrected chi connectivity index (χ1v) is 9.26. The Morgan fingerprint density at radius 2 is 2.04 bits per heavy atom. The zero-order valence-corrected chi connectivity index (χ0v) is 14.1. The van der Waals surface area contributed by atoms with Crippen LogP contribution in [0.5, 0.6) is 0 Å². The van der Waals surface area contributed by atoms with Gasteiger partial charge in [-0.15, -0.1) is 0 Å². The molecule has 0 bridgehead atoms. The molecule has 1 aliphatic heterocycles. The van der Waals surface area contributed by atoms with Gasteiger partial charge in [-0.2, -0.15) is 5.10 Å². The van der Waals surface area contributed by atoms with Crippen molar-refractivity contribution in [2.45, 2.75) is 68.5 Å². The van der Waals surface area contributed by atoms with Gasteiger partial charge in [-0.25, -0.2) is 4.68 Å². The van der Waals surface area contributed by atoms with Crippen molar-refractivity contribution in [1.82, 2.24) is 15.1 Å². The van der Waals surface area contributed by atoms with Gasteiger partial charge in [0.15, 0.2) is 0 Å². The lowest BCUT2D eigenvalue weighted by atomic mass is 9.90. The zero-order valence-electron chi connectivity index (χ0n) is 14.1. The molecule has 0 amide bonds. The van der Waals surface area contributed by atoms with E-state index < -0.39 is 5.60 Å². The Balaban J connectivity index is 1.33. The quantitative estimate of drug-likeness (QED) is 0.850. The Kier molecular flexibility index (Phi) is 4.45. The lowest BCUT2D eigenvalue weighted by molar-refractivity contribution is 0.0232. The average Bonchev–Trinajstić information content (AvgIpc) is 3.36. The summed E-state index contributed by atoms with van der Waals surface area (Å²) >= 11 is 0. The Hall–Kier alpha value is -1.24. The second kappa shape index (κ2) is 6.58. The van der Waals surface area contributed by atoms with E-state index in [0.717, 1.165) is 31.4 Å². The highest BCUT2D eigenvalue weighted by Gasteiger charge is 2.33. The minimum absolute atomic E-state index is 0.0215. The first-order chi connectivity index (χ1) is 11.6. The van der Waals surface area contributed by atoms with Crippen LogP contribution in [0.2, 0.25) is 0 Å². The fourth-order valence-electron chi connectivity index (χ4n) is 3.89.